The minimum atomic E-state index is -0.228. The van der Waals surface area contributed by atoms with E-state index in [-0.39, 0.29) is 11.9 Å². The van der Waals surface area contributed by atoms with Gasteiger partial charge in [-0.15, -0.1) is 0 Å². The van der Waals surface area contributed by atoms with Crippen LogP contribution in [0.3, 0.4) is 0 Å². The largest absolute Gasteiger partial charge is 0.355 e. The Bertz CT molecular complexity index is 792. The summed E-state index contributed by atoms with van der Waals surface area (Å²) in [6, 6.07) is 12.7. The maximum atomic E-state index is 12.5. The lowest BCUT2D eigenvalue weighted by atomic mass is 10.0. The van der Waals surface area contributed by atoms with E-state index in [9.17, 15) is 9.59 Å². The number of nitrogens with one attached hydrogen (secondary N) is 2. The number of anilines is 1. The van der Waals surface area contributed by atoms with Crippen molar-refractivity contribution in [2.24, 2.45) is 0 Å². The number of carbonyl (C=O) groups is 2. The van der Waals surface area contributed by atoms with Gasteiger partial charge in [-0.1, -0.05) is 35.9 Å². The van der Waals surface area contributed by atoms with Crippen molar-refractivity contribution in [2.75, 3.05) is 18.9 Å². The van der Waals surface area contributed by atoms with Gasteiger partial charge in [0.2, 0.25) is 0 Å². The maximum Gasteiger partial charge on any atom is 0.322 e. The van der Waals surface area contributed by atoms with Crippen molar-refractivity contribution in [3.8, 4) is 0 Å². The van der Waals surface area contributed by atoms with Crippen LogP contribution in [0, 0.1) is 0 Å². The maximum absolute atomic E-state index is 12.5. The molecule has 3 rings (SSSR count). The van der Waals surface area contributed by atoms with E-state index >= 15 is 0 Å². The van der Waals surface area contributed by atoms with E-state index in [4.69, 9.17) is 11.6 Å². The Hall–Kier alpha value is -2.53. The summed E-state index contributed by atoms with van der Waals surface area (Å²) in [5.74, 6) is -0.228. The summed E-state index contributed by atoms with van der Waals surface area (Å²) >= 11 is 6.14. The average molecular weight is 344 g/mol. The number of rotatable bonds is 2. The van der Waals surface area contributed by atoms with Crippen LogP contribution in [0.1, 0.15) is 21.5 Å². The van der Waals surface area contributed by atoms with Crippen molar-refractivity contribution in [1.82, 2.24) is 10.2 Å². The highest BCUT2D eigenvalue weighted by Gasteiger charge is 2.21. The number of urea groups is 1. The summed E-state index contributed by atoms with van der Waals surface area (Å²) in [6.07, 6.45) is 0.829. The molecule has 0 saturated heterocycles. The van der Waals surface area contributed by atoms with Crippen molar-refractivity contribution < 1.29 is 9.59 Å². The molecule has 0 fully saturated rings. The SMILES string of the molecule is CNC(=O)c1ccc(Cl)c(NC(=O)N2CCc3ccccc3C2)c1. The van der Waals surface area contributed by atoms with E-state index in [0.717, 1.165) is 12.0 Å². The molecule has 0 aromatic heterocycles. The van der Waals surface area contributed by atoms with Crippen LogP contribution < -0.4 is 10.6 Å². The summed E-state index contributed by atoms with van der Waals surface area (Å²) in [4.78, 5) is 26.0. The molecule has 2 N–H and O–H groups in total. The summed E-state index contributed by atoms with van der Waals surface area (Å²) in [5.41, 5.74) is 3.31. The van der Waals surface area contributed by atoms with Crippen LogP contribution in [0.25, 0.3) is 0 Å². The molecule has 0 unspecified atom stereocenters. The molecule has 2 aromatic carbocycles. The zero-order valence-electron chi connectivity index (χ0n) is 13.3. The molecule has 124 valence electrons. The molecule has 0 spiro atoms. The highest BCUT2D eigenvalue weighted by atomic mass is 35.5. The van der Waals surface area contributed by atoms with Crippen molar-refractivity contribution in [1.29, 1.82) is 0 Å². The summed E-state index contributed by atoms with van der Waals surface area (Å²) in [5, 5.41) is 5.75. The lowest BCUT2D eigenvalue weighted by Gasteiger charge is -2.29. The van der Waals surface area contributed by atoms with E-state index in [1.54, 1.807) is 30.1 Å². The standard InChI is InChI=1S/C18H18ClN3O2/c1-20-17(23)13-6-7-15(19)16(10-13)21-18(24)22-9-8-12-4-2-3-5-14(12)11-22/h2-7,10H,8-9,11H2,1H3,(H,20,23)(H,21,24). The quantitative estimate of drug-likeness (QED) is 0.879. The monoisotopic (exact) mass is 343 g/mol. The molecule has 1 aliphatic heterocycles. The van der Waals surface area contributed by atoms with Crippen molar-refractivity contribution >= 4 is 29.2 Å². The van der Waals surface area contributed by atoms with E-state index in [1.807, 2.05) is 18.2 Å². The number of fused-ring (bicyclic) bond motifs is 1. The fourth-order valence-electron chi connectivity index (χ4n) is 2.77. The second-order valence-corrected chi connectivity index (χ2v) is 6.05. The van der Waals surface area contributed by atoms with Crippen LogP contribution in [0.5, 0.6) is 0 Å². The van der Waals surface area contributed by atoms with Gasteiger partial charge in [-0.25, -0.2) is 4.79 Å². The lowest BCUT2D eigenvalue weighted by molar-refractivity contribution is 0.0963. The predicted molar refractivity (Wildman–Crippen MR) is 94.4 cm³/mol. The molecule has 3 amide bonds. The van der Waals surface area contributed by atoms with Gasteiger partial charge in [-0.2, -0.15) is 0 Å². The number of benzene rings is 2. The number of hydrogen-bond acceptors (Lipinski definition) is 2. The number of carbonyl (C=O) groups excluding carboxylic acids is 2. The minimum absolute atomic E-state index is 0.222. The average Bonchev–Trinajstić information content (AvgIpc) is 2.62. The van der Waals surface area contributed by atoms with Gasteiger partial charge in [0.05, 0.1) is 10.7 Å². The van der Waals surface area contributed by atoms with E-state index in [2.05, 4.69) is 16.7 Å². The van der Waals surface area contributed by atoms with Gasteiger partial charge in [0.15, 0.2) is 0 Å². The van der Waals surface area contributed by atoms with Gasteiger partial charge < -0.3 is 15.5 Å². The zero-order valence-corrected chi connectivity index (χ0v) is 14.1. The molecule has 1 heterocycles. The van der Waals surface area contributed by atoms with Crippen LogP contribution >= 0.6 is 11.6 Å². The van der Waals surface area contributed by atoms with E-state index < -0.39 is 0 Å². The van der Waals surface area contributed by atoms with Gasteiger partial charge in [0.1, 0.15) is 0 Å². The Morgan fingerprint density at radius 1 is 1.12 bits per heavy atom. The van der Waals surface area contributed by atoms with Gasteiger partial charge in [0.25, 0.3) is 5.91 Å². The fraction of sp³-hybridized carbons (Fsp3) is 0.222. The number of nitrogens with zero attached hydrogens (tertiary/aromatic N) is 1. The lowest BCUT2D eigenvalue weighted by Crippen LogP contribution is -2.38. The third-order valence-electron chi connectivity index (χ3n) is 4.12. The molecule has 0 bridgehead atoms. The highest BCUT2D eigenvalue weighted by Crippen LogP contribution is 2.25. The highest BCUT2D eigenvalue weighted by molar-refractivity contribution is 6.33. The van der Waals surface area contributed by atoms with Gasteiger partial charge in [-0.3, -0.25) is 4.79 Å². The molecule has 5 nitrogen and oxygen atoms in total. The number of amides is 3. The first-order chi connectivity index (χ1) is 11.6. The predicted octanol–water partition coefficient (Wildman–Crippen LogP) is 3.29. The molecule has 0 radical (unpaired) electrons. The topological polar surface area (TPSA) is 61.4 Å². The third-order valence-corrected chi connectivity index (χ3v) is 4.44. The zero-order chi connectivity index (χ0) is 17.1. The first-order valence-corrected chi connectivity index (χ1v) is 8.10. The molecule has 0 saturated carbocycles. The Kier molecular flexibility index (Phi) is 4.71. The third kappa shape index (κ3) is 3.36. The van der Waals surface area contributed by atoms with Crippen LogP contribution in [0.4, 0.5) is 10.5 Å². The summed E-state index contributed by atoms with van der Waals surface area (Å²) < 4.78 is 0. The first-order valence-electron chi connectivity index (χ1n) is 7.73. The van der Waals surface area contributed by atoms with Crippen LogP contribution in [0.15, 0.2) is 42.5 Å². The second-order valence-electron chi connectivity index (χ2n) is 5.64. The van der Waals surface area contributed by atoms with Crippen LogP contribution in [0.2, 0.25) is 5.02 Å². The second kappa shape index (κ2) is 6.93. The Morgan fingerprint density at radius 3 is 2.62 bits per heavy atom. The fourth-order valence-corrected chi connectivity index (χ4v) is 2.93. The van der Waals surface area contributed by atoms with Gasteiger partial charge >= 0.3 is 6.03 Å². The van der Waals surface area contributed by atoms with Crippen molar-refractivity contribution in [3.05, 3.63) is 64.2 Å². The number of hydrogen-bond donors (Lipinski definition) is 2. The van der Waals surface area contributed by atoms with Gasteiger partial charge in [0, 0.05) is 25.7 Å². The number of halogens is 1. The van der Waals surface area contributed by atoms with Crippen molar-refractivity contribution in [2.45, 2.75) is 13.0 Å². The first kappa shape index (κ1) is 16.3. The molecule has 1 aliphatic rings. The molecular weight excluding hydrogens is 326 g/mol. The van der Waals surface area contributed by atoms with Crippen LogP contribution in [-0.2, 0) is 13.0 Å². The minimum Gasteiger partial charge on any atom is -0.355 e. The molecule has 6 heteroatoms. The molecule has 0 aliphatic carbocycles. The molecule has 0 atom stereocenters. The van der Waals surface area contributed by atoms with E-state index in [0.29, 0.717) is 29.4 Å². The Morgan fingerprint density at radius 2 is 1.88 bits per heavy atom. The van der Waals surface area contributed by atoms with Gasteiger partial charge in [-0.05, 0) is 35.7 Å². The van der Waals surface area contributed by atoms with Crippen molar-refractivity contribution in [3.63, 3.8) is 0 Å². The van der Waals surface area contributed by atoms with Crippen LogP contribution in [-0.4, -0.2) is 30.4 Å². The summed E-state index contributed by atoms with van der Waals surface area (Å²) in [6.45, 7) is 1.21. The molecular formula is C18H18ClN3O2. The Balaban J connectivity index is 1.75. The van der Waals surface area contributed by atoms with E-state index in [1.165, 1.54) is 5.56 Å². The molecule has 2 aromatic rings. The normalized spacial score (nSPS) is 13.2. The summed E-state index contributed by atoms with van der Waals surface area (Å²) in [7, 11) is 1.56. The Labute approximate surface area is 145 Å². The smallest absolute Gasteiger partial charge is 0.322 e. The molecule has 24 heavy (non-hydrogen) atoms.